The van der Waals surface area contributed by atoms with E-state index in [4.69, 9.17) is 4.42 Å². The smallest absolute Gasteiger partial charge is 0.291 e. The van der Waals surface area contributed by atoms with Crippen molar-refractivity contribution < 1.29 is 18.9 Å². The molecule has 3 rings (SSSR count). The van der Waals surface area contributed by atoms with E-state index in [2.05, 4.69) is 15.6 Å². The number of hydrogen-bond donors (Lipinski definition) is 4. The molecule has 25 heavy (non-hydrogen) atoms. The Morgan fingerprint density at radius 2 is 2.08 bits per heavy atom. The van der Waals surface area contributed by atoms with Gasteiger partial charge in [-0.3, -0.25) is 9.59 Å². The lowest BCUT2D eigenvalue weighted by molar-refractivity contribution is -0.886. The molecule has 0 radical (unpaired) electrons. The lowest BCUT2D eigenvalue weighted by atomic mass is 10.3. The summed E-state index contributed by atoms with van der Waals surface area (Å²) >= 11 is 0. The first kappa shape index (κ1) is 17.0. The number of H-pyrrole nitrogens is 1. The van der Waals surface area contributed by atoms with Crippen LogP contribution in [0.5, 0.6) is 0 Å². The maximum Gasteiger partial charge on any atom is 0.291 e. The summed E-state index contributed by atoms with van der Waals surface area (Å²) in [5.41, 5.74) is 0.912. The zero-order chi connectivity index (χ0) is 17.5. The number of aromatic nitrogens is 1. The van der Waals surface area contributed by atoms with E-state index in [1.807, 2.05) is 12.1 Å². The minimum Gasteiger partial charge on any atom is -0.459 e. The minimum absolute atomic E-state index is 0.159. The van der Waals surface area contributed by atoms with Gasteiger partial charge in [0.25, 0.3) is 11.8 Å². The number of carbonyl (C=O) groups excluding carboxylic acids is 2. The fourth-order valence-electron chi connectivity index (χ4n) is 2.91. The number of amides is 2. The van der Waals surface area contributed by atoms with Crippen LogP contribution in [0.25, 0.3) is 6.08 Å². The van der Waals surface area contributed by atoms with Crippen LogP contribution in [0.15, 0.2) is 46.8 Å². The predicted molar refractivity (Wildman–Crippen MR) is 92.8 cm³/mol. The van der Waals surface area contributed by atoms with Gasteiger partial charge in [-0.1, -0.05) is 0 Å². The molecule has 4 N–H and O–H groups in total. The first-order chi connectivity index (χ1) is 12.2. The second kappa shape index (κ2) is 8.34. The maximum atomic E-state index is 12.5. The van der Waals surface area contributed by atoms with Gasteiger partial charge in [-0.15, -0.1) is 0 Å². The van der Waals surface area contributed by atoms with Crippen molar-refractivity contribution in [1.29, 1.82) is 0 Å². The van der Waals surface area contributed by atoms with Crippen molar-refractivity contribution in [2.75, 3.05) is 26.2 Å². The van der Waals surface area contributed by atoms with E-state index in [9.17, 15) is 9.59 Å². The van der Waals surface area contributed by atoms with Crippen LogP contribution in [0.2, 0.25) is 0 Å². The Labute approximate surface area is 146 Å². The van der Waals surface area contributed by atoms with Crippen molar-refractivity contribution >= 4 is 17.9 Å². The average Bonchev–Trinajstić information content (AvgIpc) is 3.36. The van der Waals surface area contributed by atoms with Gasteiger partial charge in [-0.05, 0) is 30.3 Å². The summed E-state index contributed by atoms with van der Waals surface area (Å²) in [7, 11) is 0. The fourth-order valence-corrected chi connectivity index (χ4v) is 2.91. The number of rotatable bonds is 7. The summed E-state index contributed by atoms with van der Waals surface area (Å²) < 4.78 is 5.08. The molecule has 7 heteroatoms. The predicted octanol–water partition coefficient (Wildman–Crippen LogP) is 0.174. The third-order valence-corrected chi connectivity index (χ3v) is 4.23. The summed E-state index contributed by atoms with van der Waals surface area (Å²) in [6, 6.07) is 6.82. The topological polar surface area (TPSA) is 91.6 Å². The van der Waals surface area contributed by atoms with E-state index in [1.54, 1.807) is 24.4 Å². The molecule has 0 atom stereocenters. The van der Waals surface area contributed by atoms with Crippen LogP contribution in [-0.4, -0.2) is 43.0 Å². The van der Waals surface area contributed by atoms with Gasteiger partial charge in [0.05, 0.1) is 32.4 Å². The number of likely N-dealkylation sites (tertiary alicyclic amines) is 1. The average molecular weight is 343 g/mol. The highest BCUT2D eigenvalue weighted by molar-refractivity contribution is 6.04. The molecular formula is C18H23N4O3+. The molecule has 2 amide bonds. The van der Waals surface area contributed by atoms with Gasteiger partial charge in [0.1, 0.15) is 5.70 Å². The van der Waals surface area contributed by atoms with Crippen LogP contribution < -0.4 is 15.5 Å². The zero-order valence-corrected chi connectivity index (χ0v) is 14.0. The third-order valence-electron chi connectivity index (χ3n) is 4.23. The number of quaternary nitrogens is 1. The number of hydrogen-bond acceptors (Lipinski definition) is 3. The Morgan fingerprint density at radius 3 is 2.76 bits per heavy atom. The van der Waals surface area contributed by atoms with Crippen LogP contribution in [-0.2, 0) is 4.79 Å². The molecule has 3 heterocycles. The molecule has 0 aliphatic carbocycles. The summed E-state index contributed by atoms with van der Waals surface area (Å²) in [5, 5.41) is 5.51. The Kier molecular flexibility index (Phi) is 5.69. The lowest BCUT2D eigenvalue weighted by Gasteiger charge is -2.13. The molecule has 1 fully saturated rings. The van der Waals surface area contributed by atoms with Gasteiger partial charge in [0.15, 0.2) is 5.76 Å². The van der Waals surface area contributed by atoms with Gasteiger partial charge >= 0.3 is 0 Å². The number of nitrogens with one attached hydrogen (secondary N) is 4. The monoisotopic (exact) mass is 343 g/mol. The summed E-state index contributed by atoms with van der Waals surface area (Å²) in [5.74, 6) is -0.608. The van der Waals surface area contributed by atoms with Crippen LogP contribution in [0, 0.1) is 0 Å². The zero-order valence-electron chi connectivity index (χ0n) is 14.0. The molecule has 0 bridgehead atoms. The van der Waals surface area contributed by atoms with Crippen molar-refractivity contribution in [2.24, 2.45) is 0 Å². The largest absolute Gasteiger partial charge is 0.459 e. The Morgan fingerprint density at radius 1 is 1.24 bits per heavy atom. The molecule has 1 aliphatic rings. The molecule has 2 aromatic heterocycles. The molecule has 0 saturated carbocycles. The molecule has 0 spiro atoms. The molecule has 2 aromatic rings. The van der Waals surface area contributed by atoms with Crippen LogP contribution in [0.1, 0.15) is 29.1 Å². The Balaban J connectivity index is 1.63. The van der Waals surface area contributed by atoms with E-state index >= 15 is 0 Å². The lowest BCUT2D eigenvalue weighted by Crippen LogP contribution is -3.10. The normalized spacial score (nSPS) is 15.3. The van der Waals surface area contributed by atoms with E-state index in [1.165, 1.54) is 24.0 Å². The highest BCUT2D eigenvalue weighted by atomic mass is 16.3. The summed E-state index contributed by atoms with van der Waals surface area (Å²) in [6.45, 7) is 3.80. The fraction of sp³-hybridized carbons (Fsp3) is 0.333. The van der Waals surface area contributed by atoms with Gasteiger partial charge in [0, 0.05) is 24.7 Å². The third kappa shape index (κ3) is 4.84. The maximum absolute atomic E-state index is 12.5. The van der Waals surface area contributed by atoms with Crippen LogP contribution >= 0.6 is 0 Å². The first-order valence-electron chi connectivity index (χ1n) is 8.54. The molecule has 1 aliphatic heterocycles. The van der Waals surface area contributed by atoms with Gasteiger partial charge < -0.3 is 24.9 Å². The second-order valence-electron chi connectivity index (χ2n) is 6.08. The van der Waals surface area contributed by atoms with Crippen molar-refractivity contribution in [3.8, 4) is 0 Å². The molecular weight excluding hydrogens is 320 g/mol. The molecule has 1 saturated heterocycles. The van der Waals surface area contributed by atoms with Gasteiger partial charge in [-0.2, -0.15) is 0 Å². The van der Waals surface area contributed by atoms with Gasteiger partial charge in [0.2, 0.25) is 0 Å². The van der Waals surface area contributed by atoms with Crippen LogP contribution in [0.4, 0.5) is 0 Å². The van der Waals surface area contributed by atoms with Crippen molar-refractivity contribution in [3.05, 3.63) is 53.9 Å². The van der Waals surface area contributed by atoms with E-state index < -0.39 is 5.91 Å². The van der Waals surface area contributed by atoms with Crippen LogP contribution in [0.3, 0.4) is 0 Å². The first-order valence-corrected chi connectivity index (χ1v) is 8.54. The van der Waals surface area contributed by atoms with Crippen molar-refractivity contribution in [1.82, 2.24) is 15.6 Å². The highest BCUT2D eigenvalue weighted by Crippen LogP contribution is 2.05. The number of furan rings is 1. The number of carbonyl (C=O) groups is 2. The molecule has 0 unspecified atom stereocenters. The van der Waals surface area contributed by atoms with E-state index in [0.29, 0.717) is 6.54 Å². The van der Waals surface area contributed by atoms with Crippen molar-refractivity contribution in [2.45, 2.75) is 12.8 Å². The van der Waals surface area contributed by atoms with Crippen molar-refractivity contribution in [3.63, 3.8) is 0 Å². The second-order valence-corrected chi connectivity index (χ2v) is 6.08. The molecule has 0 aromatic carbocycles. The SMILES string of the molecule is O=C(NCC[NH+]1CCCC1)/C(=C/c1ccc[nH]1)NC(=O)c1ccco1. The summed E-state index contributed by atoms with van der Waals surface area (Å²) in [6.07, 6.45) is 7.29. The van der Waals surface area contributed by atoms with Gasteiger partial charge in [-0.25, -0.2) is 0 Å². The Hall–Kier alpha value is -2.80. The highest BCUT2D eigenvalue weighted by Gasteiger charge is 2.18. The molecule has 7 nitrogen and oxygen atoms in total. The standard InChI is InChI=1S/C18H22N4O3/c23-17(20-8-11-22-9-1-2-10-22)15(13-14-5-3-7-19-14)21-18(24)16-6-4-12-25-16/h3-7,12-13,19H,1-2,8-11H2,(H,20,23)(H,21,24)/p+1/b15-13-. The molecule has 132 valence electrons. The van der Waals surface area contributed by atoms with E-state index in [0.717, 1.165) is 25.3 Å². The Bertz CT molecular complexity index is 714. The quantitative estimate of drug-likeness (QED) is 0.540. The summed E-state index contributed by atoms with van der Waals surface area (Å²) in [4.78, 5) is 29.2. The van der Waals surface area contributed by atoms with E-state index in [-0.39, 0.29) is 17.4 Å². The minimum atomic E-state index is -0.455. The number of aromatic amines is 1.